The van der Waals surface area contributed by atoms with Crippen LogP contribution >= 0.6 is 17.0 Å². The van der Waals surface area contributed by atoms with Crippen LogP contribution in [0.2, 0.25) is 0 Å². The standard InChI is InChI=1S/C16H19NO2.BrH.H2O/c1-11-3-6-13(7-4-11)14(17-2)9-12-5-8-15(18)16(19)10-12;;/h3-8,10,14,17-19H,9H2,1-2H3;1H;1H2. The van der Waals surface area contributed by atoms with Crippen molar-refractivity contribution in [1.82, 2.24) is 5.32 Å². The summed E-state index contributed by atoms with van der Waals surface area (Å²) < 4.78 is 0. The molecule has 0 radical (unpaired) electrons. The van der Waals surface area contributed by atoms with E-state index >= 15 is 0 Å². The van der Waals surface area contributed by atoms with Crippen LogP contribution in [0, 0.1) is 6.92 Å². The fraction of sp³-hybridized carbons (Fsp3) is 0.250. The van der Waals surface area contributed by atoms with Crippen molar-refractivity contribution >= 4 is 17.0 Å². The molecule has 0 bridgehead atoms. The maximum atomic E-state index is 9.52. The molecule has 0 saturated heterocycles. The molecule has 0 fully saturated rings. The van der Waals surface area contributed by atoms with Crippen molar-refractivity contribution in [3.63, 3.8) is 0 Å². The van der Waals surface area contributed by atoms with Crippen LogP contribution in [-0.4, -0.2) is 22.7 Å². The molecule has 0 aromatic heterocycles. The zero-order valence-corrected chi connectivity index (χ0v) is 13.8. The van der Waals surface area contributed by atoms with E-state index < -0.39 is 0 Å². The zero-order chi connectivity index (χ0) is 13.8. The van der Waals surface area contributed by atoms with Crippen LogP contribution in [0.25, 0.3) is 0 Å². The molecule has 0 aliphatic rings. The van der Waals surface area contributed by atoms with Crippen LogP contribution in [0.15, 0.2) is 42.5 Å². The lowest BCUT2D eigenvalue weighted by molar-refractivity contribution is 0.402. The lowest BCUT2D eigenvalue weighted by Crippen LogP contribution is -2.18. The third-order valence-corrected chi connectivity index (χ3v) is 3.31. The maximum Gasteiger partial charge on any atom is 0.157 e. The Hall–Kier alpha value is -1.56. The fourth-order valence-corrected chi connectivity index (χ4v) is 2.12. The van der Waals surface area contributed by atoms with Crippen LogP contribution in [-0.2, 0) is 6.42 Å². The van der Waals surface area contributed by atoms with E-state index in [4.69, 9.17) is 0 Å². The van der Waals surface area contributed by atoms with Crippen molar-refractivity contribution in [2.45, 2.75) is 19.4 Å². The second-order valence-electron chi connectivity index (χ2n) is 4.78. The number of rotatable bonds is 4. The Kier molecular flexibility index (Phi) is 8.02. The number of aromatic hydroxyl groups is 2. The summed E-state index contributed by atoms with van der Waals surface area (Å²) in [6.45, 7) is 2.07. The zero-order valence-electron chi connectivity index (χ0n) is 12.1. The average molecular weight is 356 g/mol. The summed E-state index contributed by atoms with van der Waals surface area (Å²) >= 11 is 0. The highest BCUT2D eigenvalue weighted by molar-refractivity contribution is 8.93. The number of hydrogen-bond donors (Lipinski definition) is 3. The molecule has 0 aliphatic carbocycles. The van der Waals surface area contributed by atoms with E-state index in [2.05, 4.69) is 36.5 Å². The molecule has 4 nitrogen and oxygen atoms in total. The number of hydrogen-bond acceptors (Lipinski definition) is 3. The van der Waals surface area contributed by atoms with E-state index in [1.165, 1.54) is 17.2 Å². The normalized spacial score (nSPS) is 11.1. The highest BCUT2D eigenvalue weighted by Crippen LogP contribution is 2.27. The van der Waals surface area contributed by atoms with Gasteiger partial charge in [-0.05, 0) is 43.7 Å². The van der Waals surface area contributed by atoms with Crippen molar-refractivity contribution in [2.24, 2.45) is 0 Å². The minimum atomic E-state index is -0.0832. The first-order valence-corrected chi connectivity index (χ1v) is 6.35. The number of halogens is 1. The molecule has 0 aliphatic heterocycles. The minimum Gasteiger partial charge on any atom is -0.504 e. The third-order valence-electron chi connectivity index (χ3n) is 3.31. The lowest BCUT2D eigenvalue weighted by atomic mass is 9.98. The minimum absolute atomic E-state index is 0. The summed E-state index contributed by atoms with van der Waals surface area (Å²) in [5.41, 5.74) is 3.43. The topological polar surface area (TPSA) is 84.0 Å². The molecule has 0 amide bonds. The highest BCUT2D eigenvalue weighted by atomic mass is 79.9. The Morgan fingerprint density at radius 2 is 1.62 bits per heavy atom. The van der Waals surface area contributed by atoms with Gasteiger partial charge in [-0.3, -0.25) is 0 Å². The molecule has 1 unspecified atom stereocenters. The van der Waals surface area contributed by atoms with Crippen LogP contribution in [0.5, 0.6) is 11.5 Å². The van der Waals surface area contributed by atoms with Crippen molar-refractivity contribution in [1.29, 1.82) is 0 Å². The van der Waals surface area contributed by atoms with E-state index in [1.54, 1.807) is 6.07 Å². The molecule has 2 aromatic rings. The summed E-state index contributed by atoms with van der Waals surface area (Å²) in [5, 5.41) is 22.1. The Morgan fingerprint density at radius 3 is 2.14 bits per heavy atom. The molecular formula is C16H22BrNO3. The van der Waals surface area contributed by atoms with Crippen molar-refractivity contribution < 1.29 is 15.7 Å². The third kappa shape index (κ3) is 5.04. The van der Waals surface area contributed by atoms with Crippen molar-refractivity contribution in [3.8, 4) is 11.5 Å². The SMILES string of the molecule is Br.CNC(Cc1ccc(O)c(O)c1)c1ccc(C)cc1.O. The molecule has 0 saturated carbocycles. The molecule has 0 heterocycles. The number of aryl methyl sites for hydroxylation is 1. The second-order valence-corrected chi connectivity index (χ2v) is 4.78. The van der Waals surface area contributed by atoms with E-state index in [9.17, 15) is 10.2 Å². The Bertz CT molecular complexity index is 558. The van der Waals surface area contributed by atoms with Crippen LogP contribution in [0.4, 0.5) is 0 Å². The van der Waals surface area contributed by atoms with Gasteiger partial charge in [-0.25, -0.2) is 0 Å². The van der Waals surface area contributed by atoms with Crippen molar-refractivity contribution in [3.05, 3.63) is 59.2 Å². The molecule has 5 heteroatoms. The second kappa shape index (κ2) is 8.67. The first kappa shape index (κ1) is 19.4. The monoisotopic (exact) mass is 355 g/mol. The summed E-state index contributed by atoms with van der Waals surface area (Å²) in [6.07, 6.45) is 0.757. The number of phenolic OH excluding ortho intramolecular Hbond substituents is 2. The molecule has 116 valence electrons. The van der Waals surface area contributed by atoms with Gasteiger partial charge in [-0.2, -0.15) is 0 Å². The molecule has 5 N–H and O–H groups in total. The van der Waals surface area contributed by atoms with Gasteiger partial charge < -0.3 is 21.0 Å². The van der Waals surface area contributed by atoms with E-state index in [-0.39, 0.29) is 40.0 Å². The number of benzene rings is 2. The largest absolute Gasteiger partial charge is 0.504 e. The van der Waals surface area contributed by atoms with Crippen LogP contribution < -0.4 is 5.32 Å². The summed E-state index contributed by atoms with van der Waals surface area (Å²) in [4.78, 5) is 0. The fourth-order valence-electron chi connectivity index (χ4n) is 2.12. The number of likely N-dealkylation sites (N-methyl/N-ethyl adjacent to an activating group) is 1. The summed E-state index contributed by atoms with van der Waals surface area (Å²) in [5.74, 6) is -0.156. The van der Waals surface area contributed by atoms with Gasteiger partial charge >= 0.3 is 0 Å². The molecule has 2 aromatic carbocycles. The highest BCUT2D eigenvalue weighted by Gasteiger charge is 2.11. The van der Waals surface area contributed by atoms with Crippen LogP contribution in [0.1, 0.15) is 22.7 Å². The average Bonchev–Trinajstić information content (AvgIpc) is 2.41. The first-order chi connectivity index (χ1) is 9.10. The van der Waals surface area contributed by atoms with Gasteiger partial charge in [-0.15, -0.1) is 17.0 Å². The molecule has 0 spiro atoms. The molecule has 2 rings (SSSR count). The van der Waals surface area contributed by atoms with Gasteiger partial charge in [0.05, 0.1) is 0 Å². The summed E-state index contributed by atoms with van der Waals surface area (Å²) in [6, 6.07) is 13.5. The van der Waals surface area contributed by atoms with E-state index in [0.29, 0.717) is 0 Å². The Morgan fingerprint density at radius 1 is 1.00 bits per heavy atom. The number of phenols is 2. The van der Waals surface area contributed by atoms with Gasteiger partial charge in [-0.1, -0.05) is 35.9 Å². The smallest absolute Gasteiger partial charge is 0.157 e. The molecular weight excluding hydrogens is 334 g/mol. The van der Waals surface area contributed by atoms with Gasteiger partial charge in [0.25, 0.3) is 0 Å². The van der Waals surface area contributed by atoms with Crippen molar-refractivity contribution in [2.75, 3.05) is 7.05 Å². The number of nitrogens with one attached hydrogen (secondary N) is 1. The lowest BCUT2D eigenvalue weighted by Gasteiger charge is -2.17. The Labute approximate surface area is 135 Å². The Balaban J connectivity index is 0.00000200. The van der Waals surface area contributed by atoms with E-state index in [0.717, 1.165) is 12.0 Å². The van der Waals surface area contributed by atoms with Gasteiger partial charge in [0.15, 0.2) is 11.5 Å². The summed E-state index contributed by atoms with van der Waals surface area (Å²) in [7, 11) is 1.92. The predicted octanol–water partition coefficient (Wildman–Crippen LogP) is 2.66. The van der Waals surface area contributed by atoms with Gasteiger partial charge in [0.2, 0.25) is 0 Å². The first-order valence-electron chi connectivity index (χ1n) is 6.35. The van der Waals surface area contributed by atoms with Crippen LogP contribution in [0.3, 0.4) is 0 Å². The maximum absolute atomic E-state index is 9.52. The molecule has 21 heavy (non-hydrogen) atoms. The molecule has 1 atom stereocenters. The van der Waals surface area contributed by atoms with Gasteiger partial charge in [0, 0.05) is 6.04 Å². The predicted molar refractivity (Wildman–Crippen MR) is 90.4 cm³/mol. The van der Waals surface area contributed by atoms with E-state index in [1.807, 2.05) is 13.1 Å². The van der Waals surface area contributed by atoms with Gasteiger partial charge in [0.1, 0.15) is 0 Å². The quantitative estimate of drug-likeness (QED) is 0.737.